The van der Waals surface area contributed by atoms with Gasteiger partial charge in [-0.1, -0.05) is 36.8 Å². The Morgan fingerprint density at radius 1 is 1.22 bits per heavy atom. The van der Waals surface area contributed by atoms with Gasteiger partial charge in [0.2, 0.25) is 5.91 Å². The van der Waals surface area contributed by atoms with Gasteiger partial charge in [0.25, 0.3) is 0 Å². The molecule has 0 radical (unpaired) electrons. The molecule has 5 nitrogen and oxygen atoms in total. The molecule has 1 amide bonds. The number of carbonyl (C=O) groups is 1. The quantitative estimate of drug-likeness (QED) is 0.523. The second kappa shape index (κ2) is 8.81. The predicted octanol–water partition coefficient (Wildman–Crippen LogP) is 5.43. The van der Waals surface area contributed by atoms with Crippen molar-refractivity contribution in [1.82, 2.24) is 15.3 Å². The average molecular weight is 449 g/mol. The zero-order chi connectivity index (χ0) is 22.2. The smallest absolute Gasteiger partial charge is 0.221 e. The second-order valence-corrected chi connectivity index (χ2v) is 10.7. The highest BCUT2D eigenvalue weighted by atomic mass is 32.1. The van der Waals surface area contributed by atoms with E-state index in [1.807, 2.05) is 20.0 Å². The van der Waals surface area contributed by atoms with Gasteiger partial charge in [-0.05, 0) is 62.5 Å². The first-order chi connectivity index (χ1) is 15.5. The van der Waals surface area contributed by atoms with Crippen LogP contribution in [-0.4, -0.2) is 35.5 Å². The lowest BCUT2D eigenvalue weighted by Gasteiger charge is -2.29. The summed E-state index contributed by atoms with van der Waals surface area (Å²) in [6.07, 6.45) is 5.90. The highest BCUT2D eigenvalue weighted by molar-refractivity contribution is 7.21. The maximum atomic E-state index is 12.7. The van der Waals surface area contributed by atoms with Crippen LogP contribution in [0.3, 0.4) is 0 Å². The average Bonchev–Trinajstić information content (AvgIpc) is 3.53. The summed E-state index contributed by atoms with van der Waals surface area (Å²) in [5, 5.41) is 4.34. The van der Waals surface area contributed by atoms with E-state index in [1.165, 1.54) is 36.1 Å². The minimum atomic E-state index is 0.143. The molecule has 2 bridgehead atoms. The third-order valence-electron chi connectivity index (χ3n) is 7.40. The van der Waals surface area contributed by atoms with Crippen LogP contribution in [0.5, 0.6) is 0 Å². The summed E-state index contributed by atoms with van der Waals surface area (Å²) in [7, 11) is 2.02. The normalized spacial score (nSPS) is 22.9. The number of nitrogens with zero attached hydrogens (tertiary/aromatic N) is 3. The van der Waals surface area contributed by atoms with E-state index in [2.05, 4.69) is 52.5 Å². The van der Waals surface area contributed by atoms with Crippen LogP contribution >= 0.6 is 11.3 Å². The highest BCUT2D eigenvalue weighted by Crippen LogP contribution is 2.49. The van der Waals surface area contributed by atoms with Crippen molar-refractivity contribution in [2.45, 2.75) is 52.0 Å². The van der Waals surface area contributed by atoms with Gasteiger partial charge < -0.3 is 10.2 Å². The second-order valence-electron chi connectivity index (χ2n) is 9.66. The molecule has 168 valence electrons. The Morgan fingerprint density at radius 2 is 2.03 bits per heavy atom. The topological polar surface area (TPSA) is 58.1 Å². The van der Waals surface area contributed by atoms with Crippen LogP contribution in [0, 0.1) is 24.7 Å². The molecule has 2 aromatic heterocycles. The van der Waals surface area contributed by atoms with Crippen LogP contribution in [0.15, 0.2) is 36.4 Å². The number of nitrogens with one attached hydrogen (secondary N) is 1. The fourth-order valence-corrected chi connectivity index (χ4v) is 6.84. The number of rotatable bonds is 7. The van der Waals surface area contributed by atoms with E-state index in [0.29, 0.717) is 18.9 Å². The summed E-state index contributed by atoms with van der Waals surface area (Å²) in [5.41, 5.74) is 1.19. The highest BCUT2D eigenvalue weighted by Gasteiger charge is 2.42. The molecule has 4 atom stereocenters. The van der Waals surface area contributed by atoms with E-state index in [1.54, 1.807) is 11.3 Å². The van der Waals surface area contributed by atoms with Crippen LogP contribution < -0.4 is 10.2 Å². The Bertz CT molecular complexity index is 1110. The Kier molecular flexibility index (Phi) is 5.89. The molecule has 2 saturated carbocycles. The number of amides is 1. The third-order valence-corrected chi connectivity index (χ3v) is 8.48. The Labute approximate surface area is 194 Å². The number of benzene rings is 1. The van der Waals surface area contributed by atoms with Crippen molar-refractivity contribution in [3.05, 3.63) is 42.2 Å². The Hall–Kier alpha value is -2.47. The lowest BCUT2D eigenvalue weighted by Crippen LogP contribution is -2.41. The number of thiophene rings is 1. The number of anilines is 1. The van der Waals surface area contributed by atoms with Gasteiger partial charge in [0.05, 0.1) is 5.39 Å². The van der Waals surface area contributed by atoms with Gasteiger partial charge in [-0.25, -0.2) is 9.97 Å². The Morgan fingerprint density at radius 3 is 2.75 bits per heavy atom. The molecule has 0 aliphatic heterocycles. The van der Waals surface area contributed by atoms with Crippen LogP contribution in [0.2, 0.25) is 0 Å². The maximum Gasteiger partial charge on any atom is 0.221 e. The standard InChI is InChI=1S/C26H32N4OS/c1-16(21-14-18-9-10-20(21)13-18)27-24(31)11-12-30(3)25-22-15-23(19-7-5-4-6-8-19)32-26(22)29-17(2)28-25/h4-8,15-16,18,20-21H,9-14H2,1-3H3,(H,27,31). The van der Waals surface area contributed by atoms with Crippen molar-refractivity contribution in [1.29, 1.82) is 0 Å². The summed E-state index contributed by atoms with van der Waals surface area (Å²) < 4.78 is 0. The summed E-state index contributed by atoms with van der Waals surface area (Å²) in [4.78, 5) is 26.4. The summed E-state index contributed by atoms with van der Waals surface area (Å²) >= 11 is 1.69. The molecule has 2 fully saturated rings. The Balaban J connectivity index is 1.25. The predicted molar refractivity (Wildman–Crippen MR) is 132 cm³/mol. The molecule has 1 aromatic carbocycles. The summed E-state index contributed by atoms with van der Waals surface area (Å²) in [6.45, 7) is 4.76. The van der Waals surface area contributed by atoms with Crippen LogP contribution in [0.25, 0.3) is 20.7 Å². The third kappa shape index (κ3) is 4.25. The molecule has 3 aromatic rings. The number of aromatic nitrogens is 2. The monoisotopic (exact) mass is 448 g/mol. The van der Waals surface area contributed by atoms with Gasteiger partial charge in [0.15, 0.2) is 0 Å². The van der Waals surface area contributed by atoms with E-state index in [-0.39, 0.29) is 11.9 Å². The lowest BCUT2D eigenvalue weighted by molar-refractivity contribution is -0.122. The molecule has 5 rings (SSSR count). The van der Waals surface area contributed by atoms with Gasteiger partial charge in [-0.3, -0.25) is 4.79 Å². The van der Waals surface area contributed by atoms with E-state index >= 15 is 0 Å². The van der Waals surface area contributed by atoms with Gasteiger partial charge in [0.1, 0.15) is 16.5 Å². The minimum absolute atomic E-state index is 0.143. The van der Waals surface area contributed by atoms with Gasteiger partial charge in [-0.2, -0.15) is 0 Å². The van der Waals surface area contributed by atoms with Crippen molar-refractivity contribution in [3.8, 4) is 10.4 Å². The van der Waals surface area contributed by atoms with Gasteiger partial charge >= 0.3 is 0 Å². The van der Waals surface area contributed by atoms with Crippen LogP contribution in [0.4, 0.5) is 5.82 Å². The number of aryl methyl sites for hydroxylation is 1. The van der Waals surface area contributed by atoms with Gasteiger partial charge in [-0.15, -0.1) is 11.3 Å². The molecule has 4 unspecified atom stereocenters. The first-order valence-corrected chi connectivity index (χ1v) is 12.6. The summed E-state index contributed by atoms with van der Waals surface area (Å²) in [5.74, 6) is 4.21. The van der Waals surface area contributed by atoms with E-state index in [9.17, 15) is 4.79 Å². The summed E-state index contributed by atoms with van der Waals surface area (Å²) in [6, 6.07) is 12.8. The largest absolute Gasteiger partial charge is 0.359 e. The molecule has 2 aliphatic carbocycles. The van der Waals surface area contributed by atoms with Crippen molar-refractivity contribution in [2.24, 2.45) is 17.8 Å². The zero-order valence-electron chi connectivity index (χ0n) is 19.2. The van der Waals surface area contributed by atoms with Crippen molar-refractivity contribution < 1.29 is 4.79 Å². The molecule has 32 heavy (non-hydrogen) atoms. The van der Waals surface area contributed by atoms with E-state index in [0.717, 1.165) is 33.7 Å². The lowest BCUT2D eigenvalue weighted by atomic mass is 9.84. The molecular formula is C26H32N4OS. The van der Waals surface area contributed by atoms with Crippen LogP contribution in [0.1, 0.15) is 44.9 Å². The first-order valence-electron chi connectivity index (χ1n) is 11.8. The zero-order valence-corrected chi connectivity index (χ0v) is 20.0. The number of fused-ring (bicyclic) bond motifs is 3. The van der Waals surface area contributed by atoms with Crippen LogP contribution in [-0.2, 0) is 4.79 Å². The number of carbonyl (C=O) groups excluding carboxylic acids is 1. The van der Waals surface area contributed by atoms with Crippen molar-refractivity contribution in [2.75, 3.05) is 18.5 Å². The van der Waals surface area contributed by atoms with Crippen molar-refractivity contribution >= 4 is 33.3 Å². The molecule has 6 heteroatoms. The first kappa shape index (κ1) is 21.4. The fourth-order valence-electron chi connectivity index (χ4n) is 5.76. The molecular weight excluding hydrogens is 416 g/mol. The molecule has 2 heterocycles. The molecule has 1 N–H and O–H groups in total. The molecule has 0 spiro atoms. The number of hydrogen-bond donors (Lipinski definition) is 1. The molecule has 2 aliphatic rings. The molecule has 0 saturated heterocycles. The van der Waals surface area contributed by atoms with Crippen molar-refractivity contribution in [3.63, 3.8) is 0 Å². The van der Waals surface area contributed by atoms with E-state index in [4.69, 9.17) is 4.98 Å². The van der Waals surface area contributed by atoms with Gasteiger partial charge in [0, 0.05) is 30.9 Å². The minimum Gasteiger partial charge on any atom is -0.359 e. The number of hydrogen-bond acceptors (Lipinski definition) is 5. The SMILES string of the molecule is Cc1nc(N(C)CCC(=O)NC(C)C2CC3CCC2C3)c2cc(-c3ccccc3)sc2n1. The maximum absolute atomic E-state index is 12.7. The van der Waals surface area contributed by atoms with E-state index < -0.39 is 0 Å². The fraction of sp³-hybridized carbons (Fsp3) is 0.500.